The Labute approximate surface area is 97.0 Å². The number of aliphatic hydroxyl groups is 1. The fourth-order valence-electron chi connectivity index (χ4n) is 1.41. The molecule has 1 aromatic carbocycles. The van der Waals surface area contributed by atoms with E-state index in [1.807, 2.05) is 45.0 Å². The molecular formula is C13H20O3. The summed E-state index contributed by atoms with van der Waals surface area (Å²) in [5.74, 6) is 1.64. The third-order valence-electron chi connectivity index (χ3n) is 2.24. The summed E-state index contributed by atoms with van der Waals surface area (Å²) in [6.07, 6.45) is 0.611. The van der Waals surface area contributed by atoms with Crippen LogP contribution in [-0.4, -0.2) is 23.9 Å². The van der Waals surface area contributed by atoms with Crippen molar-refractivity contribution in [2.75, 3.05) is 13.2 Å². The predicted molar refractivity (Wildman–Crippen MR) is 64.0 cm³/mol. The molecule has 0 spiro atoms. The first kappa shape index (κ1) is 12.8. The molecule has 0 atom stereocenters. The molecule has 0 aliphatic heterocycles. The van der Waals surface area contributed by atoms with Crippen molar-refractivity contribution in [1.29, 1.82) is 0 Å². The molecule has 0 unspecified atom stereocenters. The third-order valence-corrected chi connectivity index (χ3v) is 2.24. The van der Waals surface area contributed by atoms with E-state index in [1.54, 1.807) is 0 Å². The van der Waals surface area contributed by atoms with Gasteiger partial charge in [0, 0.05) is 13.0 Å². The van der Waals surface area contributed by atoms with Crippen molar-refractivity contribution in [3.8, 4) is 11.5 Å². The molecule has 1 N–H and O–H groups in total. The minimum atomic E-state index is -0.345. The van der Waals surface area contributed by atoms with Gasteiger partial charge in [0.05, 0.1) is 6.61 Å². The number of ether oxygens (including phenoxy) is 2. The minimum absolute atomic E-state index is 0.129. The fraction of sp³-hybridized carbons (Fsp3) is 0.538. The zero-order valence-electron chi connectivity index (χ0n) is 10.2. The molecule has 16 heavy (non-hydrogen) atoms. The number of hydrogen-bond acceptors (Lipinski definition) is 3. The average molecular weight is 224 g/mol. The van der Waals surface area contributed by atoms with E-state index < -0.39 is 0 Å². The van der Waals surface area contributed by atoms with Crippen molar-refractivity contribution in [3.05, 3.63) is 24.3 Å². The maximum absolute atomic E-state index is 8.89. The van der Waals surface area contributed by atoms with E-state index >= 15 is 0 Å². The summed E-state index contributed by atoms with van der Waals surface area (Å²) in [7, 11) is 0. The Hall–Kier alpha value is -1.22. The molecule has 1 aromatic rings. The van der Waals surface area contributed by atoms with Gasteiger partial charge in [0.15, 0.2) is 0 Å². The minimum Gasteiger partial charge on any atom is -0.494 e. The van der Waals surface area contributed by atoms with Crippen molar-refractivity contribution in [2.24, 2.45) is 0 Å². The number of rotatable bonds is 6. The van der Waals surface area contributed by atoms with E-state index in [4.69, 9.17) is 14.6 Å². The zero-order valence-corrected chi connectivity index (χ0v) is 10.2. The van der Waals surface area contributed by atoms with Crippen molar-refractivity contribution in [3.63, 3.8) is 0 Å². The summed E-state index contributed by atoms with van der Waals surface area (Å²) < 4.78 is 11.1. The Morgan fingerprint density at radius 1 is 1.12 bits per heavy atom. The first-order valence-electron chi connectivity index (χ1n) is 5.60. The van der Waals surface area contributed by atoms with Gasteiger partial charge in [-0.2, -0.15) is 0 Å². The first-order chi connectivity index (χ1) is 7.57. The van der Waals surface area contributed by atoms with Crippen LogP contribution in [0.2, 0.25) is 0 Å². The Bertz CT molecular complexity index is 303. The normalized spacial score (nSPS) is 11.2. The van der Waals surface area contributed by atoms with Crippen LogP contribution >= 0.6 is 0 Å². The smallest absolute Gasteiger partial charge is 0.120 e. The standard InChI is InChI=1S/C13H20O3/c1-4-15-11-5-7-12(8-6-11)16-13(2,3)9-10-14/h5-8,14H,4,9-10H2,1-3H3. The SMILES string of the molecule is CCOc1ccc(OC(C)(C)CCO)cc1. The van der Waals surface area contributed by atoms with Crippen molar-refractivity contribution in [2.45, 2.75) is 32.8 Å². The number of aliphatic hydroxyl groups excluding tert-OH is 1. The van der Waals surface area contributed by atoms with Crippen molar-refractivity contribution >= 4 is 0 Å². The molecule has 0 amide bonds. The Balaban J connectivity index is 2.61. The Kier molecular flexibility index (Phi) is 4.62. The highest BCUT2D eigenvalue weighted by molar-refractivity contribution is 5.31. The maximum Gasteiger partial charge on any atom is 0.120 e. The highest BCUT2D eigenvalue weighted by atomic mass is 16.5. The maximum atomic E-state index is 8.89. The second-order valence-corrected chi connectivity index (χ2v) is 4.24. The lowest BCUT2D eigenvalue weighted by Crippen LogP contribution is -2.29. The van der Waals surface area contributed by atoms with Crippen LogP contribution in [0.3, 0.4) is 0 Å². The second kappa shape index (κ2) is 5.75. The van der Waals surface area contributed by atoms with Crippen molar-refractivity contribution in [1.82, 2.24) is 0 Å². The third kappa shape index (κ3) is 4.11. The largest absolute Gasteiger partial charge is 0.494 e. The van der Waals surface area contributed by atoms with Crippen LogP contribution in [0.4, 0.5) is 0 Å². The van der Waals surface area contributed by atoms with Crippen LogP contribution in [0, 0.1) is 0 Å². The van der Waals surface area contributed by atoms with E-state index in [9.17, 15) is 0 Å². The van der Waals surface area contributed by atoms with Gasteiger partial charge in [-0.3, -0.25) is 0 Å². The summed E-state index contributed by atoms with van der Waals surface area (Å²) in [6.45, 7) is 6.66. The molecule has 0 saturated heterocycles. The van der Waals surface area contributed by atoms with Crippen LogP contribution in [0.1, 0.15) is 27.2 Å². The molecule has 3 nitrogen and oxygen atoms in total. The molecule has 0 fully saturated rings. The zero-order chi connectivity index (χ0) is 12.0. The molecule has 0 heterocycles. The van der Waals surface area contributed by atoms with Gasteiger partial charge in [0.25, 0.3) is 0 Å². The quantitative estimate of drug-likeness (QED) is 0.807. The molecule has 0 aliphatic rings. The van der Waals surface area contributed by atoms with Crippen molar-refractivity contribution < 1.29 is 14.6 Å². The van der Waals surface area contributed by atoms with E-state index in [0.29, 0.717) is 13.0 Å². The van der Waals surface area contributed by atoms with Gasteiger partial charge in [0.2, 0.25) is 0 Å². The van der Waals surface area contributed by atoms with E-state index in [-0.39, 0.29) is 12.2 Å². The van der Waals surface area contributed by atoms with Gasteiger partial charge >= 0.3 is 0 Å². The van der Waals surface area contributed by atoms with Crippen LogP contribution in [-0.2, 0) is 0 Å². The van der Waals surface area contributed by atoms with E-state index in [0.717, 1.165) is 11.5 Å². The van der Waals surface area contributed by atoms with Crippen LogP contribution < -0.4 is 9.47 Å². The summed E-state index contributed by atoms with van der Waals surface area (Å²) >= 11 is 0. The average Bonchev–Trinajstić information content (AvgIpc) is 2.21. The summed E-state index contributed by atoms with van der Waals surface area (Å²) in [5.41, 5.74) is -0.345. The highest BCUT2D eigenvalue weighted by Crippen LogP contribution is 2.23. The second-order valence-electron chi connectivity index (χ2n) is 4.24. The molecule has 0 aliphatic carbocycles. The van der Waals surface area contributed by atoms with E-state index in [1.165, 1.54) is 0 Å². The van der Waals surface area contributed by atoms with Gasteiger partial charge in [-0.15, -0.1) is 0 Å². The van der Waals surface area contributed by atoms with Gasteiger partial charge in [0.1, 0.15) is 17.1 Å². The van der Waals surface area contributed by atoms with Gasteiger partial charge in [-0.05, 0) is 45.0 Å². The number of hydrogen-bond donors (Lipinski definition) is 1. The molecular weight excluding hydrogens is 204 g/mol. The number of benzene rings is 1. The van der Waals surface area contributed by atoms with E-state index in [2.05, 4.69) is 0 Å². The Morgan fingerprint density at radius 2 is 1.69 bits per heavy atom. The summed E-state index contributed by atoms with van der Waals surface area (Å²) in [4.78, 5) is 0. The predicted octanol–water partition coefficient (Wildman–Crippen LogP) is 2.63. The molecule has 0 aromatic heterocycles. The molecule has 0 radical (unpaired) electrons. The molecule has 3 heteroatoms. The van der Waals surface area contributed by atoms with Crippen LogP contribution in [0.5, 0.6) is 11.5 Å². The van der Waals surface area contributed by atoms with Crippen LogP contribution in [0.15, 0.2) is 24.3 Å². The first-order valence-corrected chi connectivity index (χ1v) is 5.60. The molecule has 0 bridgehead atoms. The Morgan fingerprint density at radius 3 is 2.19 bits per heavy atom. The lowest BCUT2D eigenvalue weighted by atomic mass is 10.1. The fourth-order valence-corrected chi connectivity index (χ4v) is 1.41. The summed E-state index contributed by atoms with van der Waals surface area (Å²) in [6, 6.07) is 7.52. The highest BCUT2D eigenvalue weighted by Gasteiger charge is 2.18. The summed E-state index contributed by atoms with van der Waals surface area (Å²) in [5, 5.41) is 8.89. The monoisotopic (exact) mass is 224 g/mol. The topological polar surface area (TPSA) is 38.7 Å². The molecule has 0 saturated carbocycles. The molecule has 1 rings (SSSR count). The van der Waals surface area contributed by atoms with Gasteiger partial charge in [-0.1, -0.05) is 0 Å². The lowest BCUT2D eigenvalue weighted by Gasteiger charge is -2.25. The molecule has 90 valence electrons. The van der Waals surface area contributed by atoms with Gasteiger partial charge < -0.3 is 14.6 Å². The van der Waals surface area contributed by atoms with Crippen LogP contribution in [0.25, 0.3) is 0 Å². The lowest BCUT2D eigenvalue weighted by molar-refractivity contribution is 0.0764. The van der Waals surface area contributed by atoms with Gasteiger partial charge in [-0.25, -0.2) is 0 Å².